The van der Waals surface area contributed by atoms with Crippen molar-refractivity contribution in [2.45, 2.75) is 26.3 Å². The molecule has 0 saturated heterocycles. The summed E-state index contributed by atoms with van der Waals surface area (Å²) >= 11 is 0. The summed E-state index contributed by atoms with van der Waals surface area (Å²) in [6, 6.07) is 19.5. The highest BCUT2D eigenvalue weighted by atomic mass is 16.6. The lowest BCUT2D eigenvalue weighted by Crippen LogP contribution is -2.32. The van der Waals surface area contributed by atoms with Gasteiger partial charge in [0.25, 0.3) is 5.69 Å². The molecule has 0 saturated carbocycles. The normalized spacial score (nSPS) is 14.2. The summed E-state index contributed by atoms with van der Waals surface area (Å²) in [5.41, 5.74) is 5.29. The van der Waals surface area contributed by atoms with Gasteiger partial charge in [-0.05, 0) is 47.4 Å². The zero-order valence-corrected chi connectivity index (χ0v) is 17.0. The zero-order valence-electron chi connectivity index (χ0n) is 17.0. The summed E-state index contributed by atoms with van der Waals surface area (Å²) in [7, 11) is 0. The Labute approximate surface area is 175 Å². The molecule has 2 heterocycles. The van der Waals surface area contributed by atoms with Crippen molar-refractivity contribution in [2.24, 2.45) is 0 Å². The van der Waals surface area contributed by atoms with Crippen LogP contribution in [0.4, 0.5) is 5.69 Å². The molecule has 0 fully saturated rings. The van der Waals surface area contributed by atoms with E-state index >= 15 is 0 Å². The third-order valence-corrected chi connectivity index (χ3v) is 6.02. The SMILES string of the molecule is CCCN1CCc2c(c(-c3cccc([N+](=O)[O-])c3)nc3ccc4ccccc4c23)C1. The van der Waals surface area contributed by atoms with Crippen LogP contribution in [0.2, 0.25) is 0 Å². The predicted molar refractivity (Wildman–Crippen MR) is 121 cm³/mol. The van der Waals surface area contributed by atoms with Gasteiger partial charge in [0.15, 0.2) is 0 Å². The molecule has 3 aromatic carbocycles. The van der Waals surface area contributed by atoms with Crippen LogP contribution in [0.25, 0.3) is 32.9 Å². The molecule has 0 N–H and O–H groups in total. The van der Waals surface area contributed by atoms with Crippen LogP contribution in [0.3, 0.4) is 0 Å². The number of rotatable bonds is 4. The van der Waals surface area contributed by atoms with Crippen molar-refractivity contribution >= 4 is 27.4 Å². The van der Waals surface area contributed by atoms with Gasteiger partial charge >= 0.3 is 0 Å². The van der Waals surface area contributed by atoms with Crippen molar-refractivity contribution in [1.82, 2.24) is 9.88 Å². The summed E-state index contributed by atoms with van der Waals surface area (Å²) in [4.78, 5) is 18.5. The molecule has 150 valence electrons. The number of nitro benzene ring substituents is 1. The molecule has 5 rings (SSSR count). The van der Waals surface area contributed by atoms with Crippen molar-refractivity contribution < 1.29 is 4.92 Å². The van der Waals surface area contributed by atoms with Gasteiger partial charge in [-0.1, -0.05) is 49.4 Å². The standard InChI is InChI=1S/C25H23N3O2/c1-2-13-27-14-12-21-22(16-27)25(18-7-5-8-19(15-18)28(29)30)26-23-11-10-17-6-3-4-9-20(17)24(21)23/h3-11,15H,2,12-14,16H2,1H3. The highest BCUT2D eigenvalue weighted by Gasteiger charge is 2.24. The van der Waals surface area contributed by atoms with Crippen LogP contribution in [-0.2, 0) is 13.0 Å². The molecule has 1 aliphatic heterocycles. The number of pyridine rings is 1. The molecule has 30 heavy (non-hydrogen) atoms. The minimum absolute atomic E-state index is 0.0999. The molecular formula is C25H23N3O2. The maximum atomic E-state index is 11.3. The van der Waals surface area contributed by atoms with E-state index in [0.29, 0.717) is 0 Å². The van der Waals surface area contributed by atoms with Crippen LogP contribution >= 0.6 is 0 Å². The summed E-state index contributed by atoms with van der Waals surface area (Å²) in [6.07, 6.45) is 2.07. The summed E-state index contributed by atoms with van der Waals surface area (Å²) in [6.45, 7) is 5.09. The van der Waals surface area contributed by atoms with Crippen molar-refractivity contribution in [2.75, 3.05) is 13.1 Å². The lowest BCUT2D eigenvalue weighted by Gasteiger charge is -2.31. The van der Waals surface area contributed by atoms with E-state index in [-0.39, 0.29) is 10.6 Å². The maximum Gasteiger partial charge on any atom is 0.270 e. The number of nitrogens with zero attached hydrogens (tertiary/aromatic N) is 3. The van der Waals surface area contributed by atoms with Crippen LogP contribution < -0.4 is 0 Å². The second-order valence-electron chi connectivity index (χ2n) is 7.93. The first-order valence-corrected chi connectivity index (χ1v) is 10.5. The average Bonchev–Trinajstić information content (AvgIpc) is 2.78. The first kappa shape index (κ1) is 18.7. The molecule has 0 spiro atoms. The highest BCUT2D eigenvalue weighted by molar-refractivity contribution is 6.09. The van der Waals surface area contributed by atoms with Crippen molar-refractivity contribution in [3.05, 3.63) is 81.9 Å². The van der Waals surface area contributed by atoms with Crippen molar-refractivity contribution in [3.8, 4) is 11.3 Å². The van der Waals surface area contributed by atoms with Crippen molar-refractivity contribution in [1.29, 1.82) is 0 Å². The molecule has 0 bridgehead atoms. The highest BCUT2D eigenvalue weighted by Crippen LogP contribution is 2.38. The predicted octanol–water partition coefficient (Wildman–Crippen LogP) is 5.73. The Bertz CT molecular complexity index is 1280. The summed E-state index contributed by atoms with van der Waals surface area (Å²) < 4.78 is 0. The number of fused-ring (bicyclic) bond motifs is 5. The Kier molecular flexibility index (Phi) is 4.68. The minimum atomic E-state index is -0.339. The lowest BCUT2D eigenvalue weighted by molar-refractivity contribution is -0.384. The monoisotopic (exact) mass is 397 g/mol. The number of nitro groups is 1. The van der Waals surface area contributed by atoms with Crippen molar-refractivity contribution in [3.63, 3.8) is 0 Å². The topological polar surface area (TPSA) is 59.3 Å². The smallest absolute Gasteiger partial charge is 0.270 e. The van der Waals surface area contributed by atoms with E-state index in [4.69, 9.17) is 4.98 Å². The fourth-order valence-corrected chi connectivity index (χ4v) is 4.68. The van der Waals surface area contributed by atoms with E-state index in [2.05, 4.69) is 48.2 Å². The van der Waals surface area contributed by atoms with Gasteiger partial charge in [-0.15, -0.1) is 0 Å². The van der Waals surface area contributed by atoms with Gasteiger partial charge in [0, 0.05) is 36.2 Å². The van der Waals surface area contributed by atoms with Gasteiger partial charge in [-0.2, -0.15) is 0 Å². The molecule has 0 radical (unpaired) electrons. The second kappa shape index (κ2) is 7.50. The Morgan fingerprint density at radius 1 is 1.07 bits per heavy atom. The van der Waals surface area contributed by atoms with Gasteiger partial charge < -0.3 is 0 Å². The molecule has 1 aliphatic rings. The number of benzene rings is 3. The molecule has 0 amide bonds. The largest absolute Gasteiger partial charge is 0.299 e. The molecule has 0 atom stereocenters. The third-order valence-electron chi connectivity index (χ3n) is 6.02. The first-order valence-electron chi connectivity index (χ1n) is 10.5. The quantitative estimate of drug-likeness (QED) is 0.251. The van der Waals surface area contributed by atoms with E-state index in [1.165, 1.54) is 33.4 Å². The number of aromatic nitrogens is 1. The fourth-order valence-electron chi connectivity index (χ4n) is 4.68. The molecule has 0 unspecified atom stereocenters. The van der Waals surface area contributed by atoms with Crippen LogP contribution in [0, 0.1) is 10.1 Å². The van der Waals surface area contributed by atoms with Crippen LogP contribution in [0.15, 0.2) is 60.7 Å². The Balaban J connectivity index is 1.81. The van der Waals surface area contributed by atoms with Gasteiger partial charge in [-0.25, -0.2) is 4.98 Å². The Hall–Kier alpha value is -3.31. The lowest BCUT2D eigenvalue weighted by atomic mass is 9.89. The van der Waals surface area contributed by atoms with Gasteiger partial charge in [0.2, 0.25) is 0 Å². The molecule has 0 aliphatic carbocycles. The van der Waals surface area contributed by atoms with Gasteiger partial charge in [-0.3, -0.25) is 15.0 Å². The summed E-state index contributed by atoms with van der Waals surface area (Å²) in [5.74, 6) is 0. The maximum absolute atomic E-state index is 11.3. The zero-order chi connectivity index (χ0) is 20.7. The fraction of sp³-hybridized carbons (Fsp3) is 0.240. The van der Waals surface area contributed by atoms with Crippen LogP contribution in [0.1, 0.15) is 24.5 Å². The van der Waals surface area contributed by atoms with Gasteiger partial charge in [0.1, 0.15) is 0 Å². The Morgan fingerprint density at radius 3 is 2.77 bits per heavy atom. The molecule has 1 aromatic heterocycles. The van der Waals surface area contributed by atoms with Crippen LogP contribution in [-0.4, -0.2) is 27.9 Å². The number of non-ortho nitro benzene ring substituents is 1. The third kappa shape index (κ3) is 3.12. The number of hydrogen-bond donors (Lipinski definition) is 0. The van der Waals surface area contributed by atoms with Gasteiger partial charge in [0.05, 0.1) is 16.1 Å². The first-order chi connectivity index (χ1) is 14.7. The molecule has 5 nitrogen and oxygen atoms in total. The minimum Gasteiger partial charge on any atom is -0.299 e. The number of hydrogen-bond acceptors (Lipinski definition) is 4. The van der Waals surface area contributed by atoms with E-state index in [0.717, 1.165) is 49.2 Å². The summed E-state index contributed by atoms with van der Waals surface area (Å²) in [5, 5.41) is 15.0. The second-order valence-corrected chi connectivity index (χ2v) is 7.93. The Morgan fingerprint density at radius 2 is 1.93 bits per heavy atom. The molecule has 5 heteroatoms. The van der Waals surface area contributed by atoms with E-state index < -0.39 is 0 Å². The van der Waals surface area contributed by atoms with E-state index in [9.17, 15) is 10.1 Å². The van der Waals surface area contributed by atoms with E-state index in [1.54, 1.807) is 12.1 Å². The molecule has 4 aromatic rings. The van der Waals surface area contributed by atoms with Crippen LogP contribution in [0.5, 0.6) is 0 Å². The average molecular weight is 397 g/mol. The van der Waals surface area contributed by atoms with E-state index in [1.807, 2.05) is 6.07 Å². The molecular weight excluding hydrogens is 374 g/mol.